The topological polar surface area (TPSA) is 77.6 Å². The number of alkyl halides is 3. The van der Waals surface area contributed by atoms with Crippen LogP contribution in [0.5, 0.6) is 5.75 Å². The lowest BCUT2D eigenvalue weighted by molar-refractivity contribution is -0.137. The summed E-state index contributed by atoms with van der Waals surface area (Å²) < 4.78 is 44.4. The van der Waals surface area contributed by atoms with Crippen LogP contribution in [0.3, 0.4) is 0 Å². The summed E-state index contributed by atoms with van der Waals surface area (Å²) in [5.41, 5.74) is 5.22. The van der Waals surface area contributed by atoms with Gasteiger partial charge in [0.2, 0.25) is 0 Å². The number of amides is 1. The number of aromatic nitrogens is 1. The van der Waals surface area contributed by atoms with Crippen LogP contribution in [0, 0.1) is 17.8 Å². The van der Waals surface area contributed by atoms with Gasteiger partial charge in [0, 0.05) is 36.7 Å². The van der Waals surface area contributed by atoms with Crippen LogP contribution in [0.25, 0.3) is 10.9 Å². The van der Waals surface area contributed by atoms with Crippen molar-refractivity contribution in [3.05, 3.63) is 101 Å². The molecule has 1 aliphatic rings. The van der Waals surface area contributed by atoms with Crippen LogP contribution in [0.15, 0.2) is 79.0 Å². The number of hydrogen-bond donors (Lipinski definition) is 3. The van der Waals surface area contributed by atoms with Gasteiger partial charge in [-0.3, -0.25) is 14.9 Å². The van der Waals surface area contributed by atoms with Crippen LogP contribution < -0.4 is 10.2 Å². The molecule has 0 radical (unpaired) electrons. The monoisotopic (exact) mass is 547 g/mol. The highest BCUT2D eigenvalue weighted by Crippen LogP contribution is 2.31. The van der Waals surface area contributed by atoms with Gasteiger partial charge in [-0.05, 0) is 53.4 Å². The molecule has 3 N–H and O–H groups in total. The lowest BCUT2D eigenvalue weighted by Crippen LogP contribution is -2.34. The zero-order valence-corrected chi connectivity index (χ0v) is 21.5. The van der Waals surface area contributed by atoms with Crippen LogP contribution in [-0.4, -0.2) is 40.7 Å². The molecule has 6 nitrogen and oxygen atoms in total. The molecule has 0 spiro atoms. The Labute approximate surface area is 229 Å². The van der Waals surface area contributed by atoms with Crippen molar-refractivity contribution < 1.29 is 27.9 Å². The summed E-state index contributed by atoms with van der Waals surface area (Å²) in [4.78, 5) is 17.3. The molecule has 0 bridgehead atoms. The Morgan fingerprint density at radius 1 is 1.00 bits per heavy atom. The predicted octanol–water partition coefficient (Wildman–Crippen LogP) is 5.53. The van der Waals surface area contributed by atoms with Gasteiger partial charge in [-0.25, -0.2) is 5.48 Å². The average molecular weight is 548 g/mol. The van der Waals surface area contributed by atoms with E-state index >= 15 is 0 Å². The first-order valence-electron chi connectivity index (χ1n) is 12.9. The Balaban J connectivity index is 1.24. The lowest BCUT2D eigenvalue weighted by Gasteiger charge is -2.25. The number of halogens is 3. The van der Waals surface area contributed by atoms with E-state index in [1.165, 1.54) is 23.1 Å². The number of hydrogen-bond acceptors (Lipinski definition) is 4. The normalized spacial score (nSPS) is 16.3. The van der Waals surface area contributed by atoms with Gasteiger partial charge in [0.05, 0.1) is 11.5 Å². The highest BCUT2D eigenvalue weighted by atomic mass is 19.4. The van der Waals surface area contributed by atoms with Crippen LogP contribution in [0.4, 0.5) is 13.2 Å². The summed E-state index contributed by atoms with van der Waals surface area (Å²) in [7, 11) is 0. The molecule has 1 aromatic heterocycles. The Bertz CT molecular complexity index is 1520. The summed E-state index contributed by atoms with van der Waals surface area (Å²) in [6, 6.07) is 20.7. The van der Waals surface area contributed by atoms with E-state index in [9.17, 15) is 18.0 Å². The summed E-state index contributed by atoms with van der Waals surface area (Å²) in [5, 5.41) is 10.1. The smallest absolute Gasteiger partial charge is 0.416 e. The first-order chi connectivity index (χ1) is 19.3. The van der Waals surface area contributed by atoms with Crippen LogP contribution >= 0.6 is 0 Å². The molecule has 4 aromatic rings. The molecule has 2 atom stereocenters. The number of H-pyrrole nitrogens is 1. The van der Waals surface area contributed by atoms with E-state index in [0.717, 1.165) is 41.7 Å². The molecule has 1 aliphatic carbocycles. The van der Waals surface area contributed by atoms with E-state index in [1.54, 1.807) is 5.48 Å². The minimum absolute atomic E-state index is 0.253. The van der Waals surface area contributed by atoms with Crippen molar-refractivity contribution in [1.29, 1.82) is 0 Å². The highest BCUT2D eigenvalue weighted by molar-refractivity contribution is 5.84. The number of nitrogens with one attached hydrogen (secondary N) is 2. The summed E-state index contributed by atoms with van der Waals surface area (Å²) >= 11 is 0. The van der Waals surface area contributed by atoms with Crippen molar-refractivity contribution in [3.8, 4) is 17.6 Å². The van der Waals surface area contributed by atoms with E-state index in [4.69, 9.17) is 9.94 Å². The van der Waals surface area contributed by atoms with E-state index in [1.807, 2.05) is 48.7 Å². The molecule has 3 aromatic carbocycles. The highest BCUT2D eigenvalue weighted by Gasteiger charge is 2.32. The number of ether oxygens (including phenoxy) is 1. The number of nitrogens with zero attached hydrogens (tertiary/aromatic N) is 1. The number of fused-ring (bicyclic) bond motifs is 1. The van der Waals surface area contributed by atoms with E-state index in [2.05, 4.69) is 27.8 Å². The van der Waals surface area contributed by atoms with Gasteiger partial charge in [0.15, 0.2) is 0 Å². The fraction of sp³-hybridized carbons (Fsp3) is 0.258. The quantitative estimate of drug-likeness (QED) is 0.131. The third kappa shape index (κ3) is 6.30. The van der Waals surface area contributed by atoms with Crippen LogP contribution in [0.2, 0.25) is 0 Å². The van der Waals surface area contributed by atoms with Gasteiger partial charge in [-0.15, -0.1) is 0 Å². The Morgan fingerprint density at radius 3 is 2.42 bits per heavy atom. The summed E-state index contributed by atoms with van der Waals surface area (Å²) in [5.74, 6) is 4.82. The van der Waals surface area contributed by atoms with Crippen molar-refractivity contribution in [1.82, 2.24) is 15.4 Å². The predicted molar refractivity (Wildman–Crippen MR) is 145 cm³/mol. The molecule has 0 fully saturated rings. The molecule has 206 valence electrons. The molecule has 0 aliphatic heterocycles. The number of para-hydroxylation sites is 1. The standard InChI is InChI=1S/C31H28F3N3O3/c32-31(33,34)24-9-11-25(12-10-24)40-18-17-37(16-15-23-19-35-29-4-2-1-3-27(23)29)20-21-5-7-22(8-6-21)26-13-14-28(26)30(38)36-39/h1-12,19,26,28,35,39H,15-18,20H2,(H,36,38). The molecular weight excluding hydrogens is 519 g/mol. The number of rotatable bonds is 11. The van der Waals surface area contributed by atoms with Gasteiger partial charge >= 0.3 is 6.18 Å². The fourth-order valence-corrected chi connectivity index (χ4v) is 4.82. The van der Waals surface area contributed by atoms with E-state index < -0.39 is 23.6 Å². The first-order valence-corrected chi connectivity index (χ1v) is 12.9. The molecule has 0 saturated carbocycles. The zero-order valence-electron chi connectivity index (χ0n) is 21.5. The van der Waals surface area contributed by atoms with Crippen molar-refractivity contribution in [2.45, 2.75) is 25.1 Å². The number of carbonyl (C=O) groups excluding carboxylic acids is 1. The number of hydroxylamine groups is 1. The van der Waals surface area contributed by atoms with E-state index in [-0.39, 0.29) is 5.92 Å². The van der Waals surface area contributed by atoms with Gasteiger partial charge in [0.25, 0.3) is 5.91 Å². The first kappa shape index (κ1) is 27.3. The fourth-order valence-electron chi connectivity index (χ4n) is 4.82. The second kappa shape index (κ2) is 11.9. The van der Waals surface area contributed by atoms with Crippen LogP contribution in [0.1, 0.15) is 28.2 Å². The van der Waals surface area contributed by atoms with Gasteiger partial charge < -0.3 is 9.72 Å². The molecule has 2 unspecified atom stereocenters. The lowest BCUT2D eigenvalue weighted by atomic mass is 9.79. The molecule has 0 saturated heterocycles. The third-order valence-corrected chi connectivity index (χ3v) is 7.10. The minimum Gasteiger partial charge on any atom is -0.492 e. The van der Waals surface area contributed by atoms with Gasteiger partial charge in [0.1, 0.15) is 18.3 Å². The van der Waals surface area contributed by atoms with E-state index in [0.29, 0.717) is 25.4 Å². The molecule has 9 heteroatoms. The van der Waals surface area contributed by atoms with Crippen molar-refractivity contribution in [2.75, 3.05) is 19.7 Å². The molecule has 5 rings (SSSR count). The molecule has 40 heavy (non-hydrogen) atoms. The summed E-state index contributed by atoms with van der Waals surface area (Å²) in [6.45, 7) is 2.26. The van der Waals surface area contributed by atoms with Crippen molar-refractivity contribution in [2.24, 2.45) is 5.92 Å². The zero-order chi connectivity index (χ0) is 28.1. The molecular formula is C31H28F3N3O3. The Hall–Kier alpha value is -4.26. The number of carbonyl (C=O) groups is 1. The van der Waals surface area contributed by atoms with Crippen LogP contribution in [-0.2, 0) is 23.9 Å². The van der Waals surface area contributed by atoms with Crippen molar-refractivity contribution in [3.63, 3.8) is 0 Å². The third-order valence-electron chi connectivity index (χ3n) is 7.10. The Morgan fingerprint density at radius 2 is 1.75 bits per heavy atom. The largest absolute Gasteiger partial charge is 0.492 e. The van der Waals surface area contributed by atoms with Crippen molar-refractivity contribution >= 4 is 16.8 Å². The summed E-state index contributed by atoms with van der Waals surface area (Å²) in [6.07, 6.45) is -1.56. The average Bonchev–Trinajstić information content (AvgIpc) is 3.35. The second-order valence-corrected chi connectivity index (χ2v) is 9.72. The SMILES string of the molecule is O=C(NO)C1C#CC1c1ccc(CN(CCOc2ccc(C(F)(F)F)cc2)CCc2c[nH]c3ccccc23)cc1. The molecule has 1 amide bonds. The van der Waals surface area contributed by atoms with Gasteiger partial charge in [-0.2, -0.15) is 13.2 Å². The number of benzene rings is 3. The second-order valence-electron chi connectivity index (χ2n) is 9.72. The van der Waals surface area contributed by atoms with Gasteiger partial charge in [-0.1, -0.05) is 54.3 Å². The maximum Gasteiger partial charge on any atom is 0.416 e. The minimum atomic E-state index is -4.38. The Kier molecular flexibility index (Phi) is 8.10. The maximum atomic E-state index is 12.9. The number of aromatic amines is 1. The maximum absolute atomic E-state index is 12.9. The molecule has 1 heterocycles.